The molecule has 5 heteroatoms. The van der Waals surface area contributed by atoms with E-state index in [2.05, 4.69) is 15.5 Å². The molecule has 0 saturated carbocycles. The van der Waals surface area contributed by atoms with Crippen LogP contribution in [0.15, 0.2) is 10.9 Å². The highest BCUT2D eigenvalue weighted by molar-refractivity contribution is 4.76. The zero-order valence-corrected chi connectivity index (χ0v) is 8.66. The molecule has 0 atom stereocenters. The molecule has 0 fully saturated rings. The van der Waals surface area contributed by atoms with Gasteiger partial charge in [-0.05, 0) is 0 Å². The molecule has 0 unspecified atom stereocenters. The first-order chi connectivity index (χ1) is 6.64. The van der Waals surface area contributed by atoms with Crippen LogP contribution >= 0.6 is 0 Å². The predicted molar refractivity (Wildman–Crippen MR) is 51.7 cm³/mol. The fourth-order valence-corrected chi connectivity index (χ4v) is 0.984. The first-order valence-electron chi connectivity index (χ1n) is 4.71. The molecular weight excluding hydrogens is 182 g/mol. The summed E-state index contributed by atoms with van der Waals surface area (Å²) in [5, 5.41) is 15.7. The van der Waals surface area contributed by atoms with Gasteiger partial charge in [0.05, 0.1) is 0 Å². The topological polar surface area (TPSA) is 71.2 Å². The molecule has 5 nitrogen and oxygen atoms in total. The van der Waals surface area contributed by atoms with Gasteiger partial charge in [-0.3, -0.25) is 0 Å². The van der Waals surface area contributed by atoms with Crippen LogP contribution in [-0.2, 0) is 6.42 Å². The van der Waals surface area contributed by atoms with E-state index in [1.165, 1.54) is 6.33 Å². The van der Waals surface area contributed by atoms with Crippen molar-refractivity contribution in [2.24, 2.45) is 5.41 Å². The minimum atomic E-state index is -0.0746. The molecule has 1 aromatic rings. The van der Waals surface area contributed by atoms with Gasteiger partial charge >= 0.3 is 0 Å². The molecule has 0 amide bonds. The molecule has 0 radical (unpaired) electrons. The molecule has 1 aromatic heterocycles. The number of hydrogen-bond acceptors (Lipinski definition) is 5. The van der Waals surface area contributed by atoms with Crippen molar-refractivity contribution in [3.8, 4) is 0 Å². The highest BCUT2D eigenvalue weighted by atomic mass is 16.5. The van der Waals surface area contributed by atoms with Crippen molar-refractivity contribution in [3.63, 3.8) is 0 Å². The maximum atomic E-state index is 9.00. The maximum absolute atomic E-state index is 9.00. The van der Waals surface area contributed by atoms with Gasteiger partial charge in [0.25, 0.3) is 0 Å². The summed E-state index contributed by atoms with van der Waals surface area (Å²) in [6.07, 6.45) is 2.12. The van der Waals surface area contributed by atoms with Gasteiger partial charge in [-0.2, -0.15) is 4.98 Å². The normalized spacial score (nSPS) is 11.9. The second-order valence-corrected chi connectivity index (χ2v) is 4.08. The largest absolute Gasteiger partial charge is 0.396 e. The Morgan fingerprint density at radius 1 is 1.57 bits per heavy atom. The molecule has 0 aromatic carbocycles. The maximum Gasteiger partial charge on any atom is 0.227 e. The number of nitrogens with zero attached hydrogens (tertiary/aromatic N) is 2. The first-order valence-corrected chi connectivity index (χ1v) is 4.71. The molecule has 0 aliphatic heterocycles. The molecule has 0 bridgehead atoms. The van der Waals surface area contributed by atoms with Gasteiger partial charge in [-0.15, -0.1) is 0 Å². The van der Waals surface area contributed by atoms with E-state index < -0.39 is 0 Å². The van der Waals surface area contributed by atoms with Crippen LogP contribution in [0.3, 0.4) is 0 Å². The van der Waals surface area contributed by atoms with E-state index in [0.717, 1.165) is 19.5 Å². The summed E-state index contributed by atoms with van der Waals surface area (Å²) in [4.78, 5) is 3.90. The minimum absolute atomic E-state index is 0.0746. The van der Waals surface area contributed by atoms with Crippen LogP contribution in [0.25, 0.3) is 0 Å². The Morgan fingerprint density at radius 3 is 2.93 bits per heavy atom. The second kappa shape index (κ2) is 5.07. The summed E-state index contributed by atoms with van der Waals surface area (Å²) in [5.74, 6) is 0.638. The smallest absolute Gasteiger partial charge is 0.227 e. The Hall–Kier alpha value is -0.940. The zero-order chi connectivity index (χ0) is 10.4. The average Bonchev–Trinajstić information content (AvgIpc) is 2.65. The van der Waals surface area contributed by atoms with Gasteiger partial charge in [0, 0.05) is 31.5 Å². The van der Waals surface area contributed by atoms with Gasteiger partial charge in [0.2, 0.25) is 5.89 Å². The van der Waals surface area contributed by atoms with E-state index in [-0.39, 0.29) is 12.0 Å². The third-order valence-electron chi connectivity index (χ3n) is 1.95. The third kappa shape index (κ3) is 3.85. The Bertz CT molecular complexity index is 247. The van der Waals surface area contributed by atoms with Gasteiger partial charge in [-0.25, -0.2) is 0 Å². The molecule has 0 aliphatic rings. The number of aliphatic hydroxyl groups is 1. The fourth-order valence-electron chi connectivity index (χ4n) is 0.984. The number of hydrogen-bond donors (Lipinski definition) is 2. The van der Waals surface area contributed by atoms with Crippen molar-refractivity contribution < 1.29 is 9.63 Å². The summed E-state index contributed by atoms with van der Waals surface area (Å²) < 4.78 is 4.84. The van der Waals surface area contributed by atoms with Crippen LogP contribution in [-0.4, -0.2) is 34.9 Å². The lowest BCUT2D eigenvalue weighted by Crippen LogP contribution is -2.33. The van der Waals surface area contributed by atoms with Crippen LogP contribution in [0.4, 0.5) is 0 Å². The minimum Gasteiger partial charge on any atom is -0.396 e. The van der Waals surface area contributed by atoms with Crippen molar-refractivity contribution in [3.05, 3.63) is 12.2 Å². The van der Waals surface area contributed by atoms with Gasteiger partial charge in [0.15, 0.2) is 6.33 Å². The number of aromatic nitrogens is 2. The van der Waals surface area contributed by atoms with E-state index in [4.69, 9.17) is 9.63 Å². The van der Waals surface area contributed by atoms with Crippen molar-refractivity contribution in [1.82, 2.24) is 15.5 Å². The van der Waals surface area contributed by atoms with Gasteiger partial charge < -0.3 is 14.9 Å². The SMILES string of the molecule is CC(C)(CO)CNCCc1ncno1. The van der Waals surface area contributed by atoms with E-state index in [0.29, 0.717) is 5.89 Å². The van der Waals surface area contributed by atoms with Crippen molar-refractivity contribution in [2.75, 3.05) is 19.7 Å². The summed E-state index contributed by atoms with van der Waals surface area (Å²) in [7, 11) is 0. The molecule has 0 spiro atoms. The lowest BCUT2D eigenvalue weighted by atomic mass is 9.95. The highest BCUT2D eigenvalue weighted by Gasteiger charge is 2.15. The Balaban J connectivity index is 2.11. The van der Waals surface area contributed by atoms with Crippen molar-refractivity contribution >= 4 is 0 Å². The standard InChI is InChI=1S/C9H17N3O2/c1-9(2,6-13)5-10-4-3-8-11-7-12-14-8/h7,10,13H,3-6H2,1-2H3. The summed E-state index contributed by atoms with van der Waals surface area (Å²) in [6, 6.07) is 0. The number of nitrogens with one attached hydrogen (secondary N) is 1. The number of rotatable bonds is 6. The molecule has 0 saturated heterocycles. The predicted octanol–water partition coefficient (Wildman–Crippen LogP) is 0.220. The lowest BCUT2D eigenvalue weighted by molar-refractivity contribution is 0.157. The van der Waals surface area contributed by atoms with E-state index in [1.54, 1.807) is 0 Å². The molecular formula is C9H17N3O2. The quantitative estimate of drug-likeness (QED) is 0.641. The molecule has 0 aliphatic carbocycles. The van der Waals surface area contributed by atoms with Crippen LogP contribution < -0.4 is 5.32 Å². The zero-order valence-electron chi connectivity index (χ0n) is 8.66. The van der Waals surface area contributed by atoms with Crippen LogP contribution in [0.2, 0.25) is 0 Å². The molecule has 1 heterocycles. The fraction of sp³-hybridized carbons (Fsp3) is 0.778. The van der Waals surface area contributed by atoms with E-state index in [1.807, 2.05) is 13.8 Å². The molecule has 80 valence electrons. The Labute approximate surface area is 83.5 Å². The summed E-state index contributed by atoms with van der Waals surface area (Å²) in [5.41, 5.74) is -0.0746. The second-order valence-electron chi connectivity index (χ2n) is 4.08. The average molecular weight is 199 g/mol. The van der Waals surface area contributed by atoms with E-state index >= 15 is 0 Å². The van der Waals surface area contributed by atoms with Crippen LogP contribution in [0.5, 0.6) is 0 Å². The lowest BCUT2D eigenvalue weighted by Gasteiger charge is -2.21. The van der Waals surface area contributed by atoms with Crippen LogP contribution in [0, 0.1) is 5.41 Å². The number of aliphatic hydroxyl groups excluding tert-OH is 1. The van der Waals surface area contributed by atoms with Crippen molar-refractivity contribution in [2.45, 2.75) is 20.3 Å². The molecule has 1 rings (SSSR count). The molecule has 2 N–H and O–H groups in total. The monoisotopic (exact) mass is 199 g/mol. The first kappa shape index (κ1) is 11.1. The third-order valence-corrected chi connectivity index (χ3v) is 1.95. The van der Waals surface area contributed by atoms with E-state index in [9.17, 15) is 0 Å². The van der Waals surface area contributed by atoms with Crippen molar-refractivity contribution in [1.29, 1.82) is 0 Å². The molecule has 14 heavy (non-hydrogen) atoms. The highest BCUT2D eigenvalue weighted by Crippen LogP contribution is 2.10. The summed E-state index contributed by atoms with van der Waals surface area (Å²) in [6.45, 7) is 5.75. The Kier molecular flexibility index (Phi) is 4.03. The van der Waals surface area contributed by atoms with Gasteiger partial charge in [0.1, 0.15) is 0 Å². The Morgan fingerprint density at radius 2 is 2.36 bits per heavy atom. The summed E-state index contributed by atoms with van der Waals surface area (Å²) >= 11 is 0. The van der Waals surface area contributed by atoms with Crippen LogP contribution in [0.1, 0.15) is 19.7 Å². The van der Waals surface area contributed by atoms with Gasteiger partial charge in [-0.1, -0.05) is 19.0 Å².